The number of carbonyl (C=O) groups excluding carboxylic acids is 7. The number of Topliss-reactive ketones (excluding diaryl/α,β-unsaturated/α-hetero) is 3. The molecule has 4 aromatic heterocycles. The van der Waals surface area contributed by atoms with Gasteiger partial charge in [0.25, 0.3) is 17.7 Å². The van der Waals surface area contributed by atoms with Crippen molar-refractivity contribution in [2.24, 2.45) is 29.4 Å². The minimum absolute atomic E-state index is 0.0290. The number of benzene rings is 1. The largest absolute Gasteiger partial charge is 0.459 e. The predicted octanol–water partition coefficient (Wildman–Crippen LogP) is 7.05. The van der Waals surface area contributed by atoms with Crippen molar-refractivity contribution in [2.75, 3.05) is 91.6 Å². The Bertz CT molecular complexity index is 4180. The van der Waals surface area contributed by atoms with Gasteiger partial charge in [0.2, 0.25) is 17.6 Å². The Hall–Kier alpha value is -8.61. The number of anilines is 2. The van der Waals surface area contributed by atoms with E-state index in [1.807, 2.05) is 62.6 Å². The molecular formula is C84H124N14O19. The average Bonchev–Trinajstić information content (AvgIpc) is 1.66. The molecule has 9 rings (SSSR count). The van der Waals surface area contributed by atoms with Crippen LogP contribution in [0.1, 0.15) is 175 Å². The molecule has 0 radical (unpaired) electrons. The van der Waals surface area contributed by atoms with E-state index in [9.17, 15) is 48.9 Å². The molecule has 117 heavy (non-hydrogen) atoms. The lowest BCUT2D eigenvalue weighted by molar-refractivity contribution is -0.245. The van der Waals surface area contributed by atoms with Crippen LogP contribution < -0.4 is 27.8 Å². The van der Waals surface area contributed by atoms with Crippen LogP contribution in [0, 0.1) is 23.7 Å². The second-order valence-corrected chi connectivity index (χ2v) is 31.6. The van der Waals surface area contributed by atoms with Crippen molar-refractivity contribution in [3.8, 4) is 11.3 Å². The lowest BCUT2D eigenvalue weighted by Crippen LogP contribution is -2.58. The molecule has 11 N–H and O–H groups in total. The molecule has 33 heteroatoms. The van der Waals surface area contributed by atoms with E-state index in [1.165, 1.54) is 19.3 Å². The maximum absolute atomic E-state index is 14.6. The van der Waals surface area contributed by atoms with Gasteiger partial charge in [0, 0.05) is 109 Å². The van der Waals surface area contributed by atoms with Crippen LogP contribution in [-0.2, 0) is 91.0 Å². The number of piperidine rings is 1. The first kappa shape index (κ1) is 92.3. The summed E-state index contributed by atoms with van der Waals surface area (Å²) in [5.74, 6) is -7.95. The SMILES string of the molecule is COC1C[C@@H]2CCC[C@@](O)(O2)C(=O)C(=O)N2CCCC[C@H]2C(=O)OC([C@H](N)CC2CCC(OCCCCc3cn(CCOCCOCCOCCNC(=O)CCCCC(=O)NCCCCn4nc(-c5ccc6oc(N)nc6c5)c5c(N)ncnc54)nn3)[C@H](OC)C2)CC(=O)C(C)/C=C(\C)[C@@H](O)[C@@H](O)C(=O)C(C)CC(C)/C=C/C=CC=C1C. The van der Waals surface area contributed by atoms with Gasteiger partial charge in [-0.3, -0.25) is 28.8 Å². The fraction of sp³-hybridized carbons (Fsp3) is 0.655. The molecule has 7 unspecified atom stereocenters. The molecule has 33 nitrogen and oxygen atoms in total. The number of allylic oxidation sites excluding steroid dienone is 6. The molecule has 1 aliphatic carbocycles. The highest BCUT2D eigenvalue weighted by atomic mass is 16.6. The maximum Gasteiger partial charge on any atom is 0.329 e. The number of nitrogens with one attached hydrogen (secondary N) is 2. The number of rotatable bonds is 34. The number of ketones is 3. The Morgan fingerprint density at radius 1 is 0.769 bits per heavy atom. The van der Waals surface area contributed by atoms with Crippen LogP contribution >= 0.6 is 0 Å². The lowest BCUT2D eigenvalue weighted by atomic mass is 9.80. The van der Waals surface area contributed by atoms with E-state index in [4.69, 9.17) is 64.6 Å². The number of nitrogens with two attached hydrogens (primary N) is 3. The molecule has 1 aromatic carbocycles. The van der Waals surface area contributed by atoms with Gasteiger partial charge in [-0.2, -0.15) is 10.1 Å². The standard InChI is InChI=1S/C84H124N14O19/c1-53-20-9-8-10-21-54(2)68(109-6)49-61-23-19-31-84(108,117-61)78(105)81(106)97-34-16-13-24-64(97)82(107)115-69(50-65(99)55(3)45-57(5)76(103)77(104)75(102)56(4)44-53)62(85)46-58-27-29-67(70(47-58)110-7)114-37-18-14-22-60-51-96(95-93-60)36-39-112-41-43-113-42-40-111-38-33-89-72(101)26-12-11-25-71(100)88-32-15-17-35-98-80-73(79(86)90-52-91-80)74(94-98)59-28-30-66-63(48-59)92-83(87)116-66/h8-10,20-21,28,30,45,48,51-53,55-56,58,61-62,64,67-70,76-77,103-104,108H,11-19,22-27,29,31-44,46-47,49-50,85H2,1-7H3,(H2,87,92)(H,88,100)(H,89,101)(H2,86,90,91)/b10-8?,20-9+,54-21?,57-45+/t53?,55?,56?,58?,61-,62+,64-,67?,68?,69?,70+,76+,77-,84+/m0/s1. The molecular weight excluding hydrogens is 1510 g/mol. The average molecular weight is 1630 g/mol. The number of aryl methyl sites for hydroxylation is 2. The number of hydrogen-bond donors (Lipinski definition) is 8. The number of hydrogen-bond acceptors (Lipinski definition) is 28. The van der Waals surface area contributed by atoms with Crippen LogP contribution in [0.15, 0.2) is 82.7 Å². The number of ether oxygens (including phenoxy) is 8. The van der Waals surface area contributed by atoms with Crippen molar-refractivity contribution < 1.29 is 91.2 Å². The van der Waals surface area contributed by atoms with Gasteiger partial charge >= 0.3 is 5.97 Å². The molecule has 2 bridgehead atoms. The number of methoxy groups -OCH3 is 2. The second kappa shape index (κ2) is 46.7. The van der Waals surface area contributed by atoms with E-state index in [0.29, 0.717) is 196 Å². The molecule has 2 saturated heterocycles. The van der Waals surface area contributed by atoms with Gasteiger partial charge in [-0.05, 0) is 164 Å². The van der Waals surface area contributed by atoms with E-state index in [-0.39, 0.29) is 79.7 Å². The van der Waals surface area contributed by atoms with E-state index >= 15 is 0 Å². The summed E-state index contributed by atoms with van der Waals surface area (Å²) in [6.45, 7) is 13.4. The van der Waals surface area contributed by atoms with Crippen LogP contribution in [0.25, 0.3) is 33.4 Å². The number of aromatic nitrogens is 8. The third kappa shape index (κ3) is 27.7. The highest BCUT2D eigenvalue weighted by molar-refractivity contribution is 6.39. The summed E-state index contributed by atoms with van der Waals surface area (Å²) in [6, 6.07) is 3.43. The van der Waals surface area contributed by atoms with Gasteiger partial charge in [0.1, 0.15) is 53.5 Å². The molecule has 14 atom stereocenters. The summed E-state index contributed by atoms with van der Waals surface area (Å²) in [5, 5.41) is 54.2. The van der Waals surface area contributed by atoms with Gasteiger partial charge in [-0.25, -0.2) is 24.1 Å². The molecule has 4 aliphatic rings. The summed E-state index contributed by atoms with van der Waals surface area (Å²) in [6.07, 6.45) is 18.0. The van der Waals surface area contributed by atoms with Crippen molar-refractivity contribution in [2.45, 2.75) is 250 Å². The number of fused-ring (bicyclic) bond motifs is 5. The normalized spacial score (nSPS) is 26.4. The molecule has 0 spiro atoms. The molecule has 3 amide bonds. The number of unbranched alkanes of at least 4 members (excludes halogenated alkanes) is 3. The van der Waals surface area contributed by atoms with Gasteiger partial charge in [-0.15, -0.1) is 5.10 Å². The van der Waals surface area contributed by atoms with E-state index < -0.39 is 89.5 Å². The third-order valence-electron chi connectivity index (χ3n) is 22.4. The first-order valence-corrected chi connectivity index (χ1v) is 41.6. The first-order valence-electron chi connectivity index (χ1n) is 41.6. The first-order chi connectivity index (χ1) is 56.3. The number of aliphatic hydroxyl groups is 3. The number of carbonyl (C=O) groups is 7. The van der Waals surface area contributed by atoms with E-state index in [0.717, 1.165) is 47.4 Å². The molecule has 644 valence electrons. The highest BCUT2D eigenvalue weighted by Gasteiger charge is 2.50. The summed E-state index contributed by atoms with van der Waals surface area (Å²) in [7, 11) is 3.19. The number of nitrogens with zero attached hydrogens (tertiary/aromatic N) is 9. The minimum Gasteiger partial charge on any atom is -0.459 e. The smallest absolute Gasteiger partial charge is 0.329 e. The zero-order chi connectivity index (χ0) is 84.0. The molecule has 3 fully saturated rings. The van der Waals surface area contributed by atoms with Crippen LogP contribution in [0.4, 0.5) is 11.8 Å². The monoisotopic (exact) mass is 1630 g/mol. The molecule has 7 heterocycles. The summed E-state index contributed by atoms with van der Waals surface area (Å²) in [4.78, 5) is 110. The maximum atomic E-state index is 14.6. The zero-order valence-corrected chi connectivity index (χ0v) is 69.0. The van der Waals surface area contributed by atoms with Crippen molar-refractivity contribution >= 4 is 75.0 Å². The fourth-order valence-electron chi connectivity index (χ4n) is 15.7. The van der Waals surface area contributed by atoms with Gasteiger partial charge in [-0.1, -0.05) is 62.4 Å². The van der Waals surface area contributed by atoms with Crippen molar-refractivity contribution in [3.63, 3.8) is 0 Å². The van der Waals surface area contributed by atoms with Gasteiger partial charge in [0.15, 0.2) is 17.0 Å². The Morgan fingerprint density at radius 3 is 2.28 bits per heavy atom. The number of oxazole rings is 1. The van der Waals surface area contributed by atoms with Crippen molar-refractivity contribution in [1.29, 1.82) is 0 Å². The quantitative estimate of drug-likeness (QED) is 0.00885. The molecule has 1 saturated carbocycles. The van der Waals surface area contributed by atoms with Gasteiger partial charge < -0.3 is 90.4 Å². The van der Waals surface area contributed by atoms with Crippen molar-refractivity contribution in [1.82, 2.24) is 55.3 Å². The van der Waals surface area contributed by atoms with Crippen LogP contribution in [0.3, 0.4) is 0 Å². The summed E-state index contributed by atoms with van der Waals surface area (Å²) in [5.41, 5.74) is 24.1. The predicted molar refractivity (Wildman–Crippen MR) is 435 cm³/mol. The van der Waals surface area contributed by atoms with Gasteiger partial charge in [0.05, 0.1) is 81.7 Å². The number of esters is 1. The summed E-state index contributed by atoms with van der Waals surface area (Å²) >= 11 is 0. The number of aliphatic hydroxyl groups excluding tert-OH is 2. The van der Waals surface area contributed by atoms with Crippen LogP contribution in [-0.4, -0.2) is 242 Å². The topological polar surface area (TPSA) is 460 Å². The molecule has 5 aromatic rings. The third-order valence-corrected chi connectivity index (χ3v) is 22.4. The summed E-state index contributed by atoms with van der Waals surface area (Å²) < 4.78 is 56.6. The number of cyclic esters (lactones) is 1. The Balaban J connectivity index is 0.632. The van der Waals surface area contributed by atoms with E-state index in [1.54, 1.807) is 43.5 Å². The highest BCUT2D eigenvalue weighted by Crippen LogP contribution is 2.37. The number of amides is 3. The zero-order valence-electron chi connectivity index (χ0n) is 69.0. The van der Waals surface area contributed by atoms with Crippen LogP contribution in [0.2, 0.25) is 0 Å². The molecule has 3 aliphatic heterocycles. The number of nitrogen functional groups attached to an aromatic ring is 2. The Morgan fingerprint density at radius 2 is 1.52 bits per heavy atom. The minimum atomic E-state index is -2.45. The second-order valence-electron chi connectivity index (χ2n) is 31.6. The fourth-order valence-corrected chi connectivity index (χ4v) is 15.7. The Kier molecular flexibility index (Phi) is 36.8. The lowest BCUT2D eigenvalue weighted by Gasteiger charge is -2.40. The van der Waals surface area contributed by atoms with Crippen LogP contribution in [0.5, 0.6) is 0 Å². The Labute approximate surface area is 684 Å². The van der Waals surface area contributed by atoms with Crippen molar-refractivity contribution in [3.05, 3.63) is 84.0 Å². The van der Waals surface area contributed by atoms with E-state index in [2.05, 4.69) is 35.9 Å².